The summed E-state index contributed by atoms with van der Waals surface area (Å²) in [5.41, 5.74) is 7.91. The van der Waals surface area contributed by atoms with Crippen LogP contribution < -0.4 is 5.73 Å². The summed E-state index contributed by atoms with van der Waals surface area (Å²) < 4.78 is 0. The summed E-state index contributed by atoms with van der Waals surface area (Å²) in [4.78, 5) is 4.68. The van der Waals surface area contributed by atoms with Crippen molar-refractivity contribution in [2.75, 3.05) is 33.7 Å². The average Bonchev–Trinajstić information content (AvgIpc) is 2.37. The van der Waals surface area contributed by atoms with E-state index in [4.69, 9.17) is 17.3 Å². The van der Waals surface area contributed by atoms with Crippen molar-refractivity contribution in [2.45, 2.75) is 26.9 Å². The molecule has 0 aliphatic carbocycles. The van der Waals surface area contributed by atoms with E-state index in [9.17, 15) is 0 Å². The molecule has 1 aromatic carbocycles. The summed E-state index contributed by atoms with van der Waals surface area (Å²) in [7, 11) is 4.22. The maximum Gasteiger partial charge on any atom is 0.0454 e. The molecule has 0 atom stereocenters. The van der Waals surface area contributed by atoms with E-state index in [1.165, 1.54) is 5.56 Å². The Bertz CT molecular complexity index is 405. The fraction of sp³-hybridized carbons (Fsp3) is 0.625. The molecule has 3 nitrogen and oxygen atoms in total. The van der Waals surface area contributed by atoms with Crippen molar-refractivity contribution in [3.8, 4) is 0 Å². The van der Waals surface area contributed by atoms with Crippen LogP contribution in [0.4, 0.5) is 0 Å². The average molecular weight is 298 g/mol. The second-order valence-electron chi connectivity index (χ2n) is 6.06. The van der Waals surface area contributed by atoms with Crippen LogP contribution in [0.3, 0.4) is 0 Å². The van der Waals surface area contributed by atoms with Crippen LogP contribution in [-0.2, 0) is 13.1 Å². The van der Waals surface area contributed by atoms with Gasteiger partial charge in [-0.1, -0.05) is 37.6 Å². The Kier molecular flexibility index (Phi) is 7.52. The molecule has 0 aliphatic heterocycles. The van der Waals surface area contributed by atoms with Crippen molar-refractivity contribution in [2.24, 2.45) is 11.7 Å². The van der Waals surface area contributed by atoms with Gasteiger partial charge in [0.25, 0.3) is 0 Å². The number of benzene rings is 1. The van der Waals surface area contributed by atoms with E-state index >= 15 is 0 Å². The Morgan fingerprint density at radius 2 is 1.90 bits per heavy atom. The molecule has 1 rings (SSSR count). The third kappa shape index (κ3) is 6.23. The van der Waals surface area contributed by atoms with E-state index in [1.807, 2.05) is 6.07 Å². The van der Waals surface area contributed by atoms with Crippen molar-refractivity contribution < 1.29 is 0 Å². The molecule has 114 valence electrons. The number of hydrogen-bond donors (Lipinski definition) is 1. The van der Waals surface area contributed by atoms with Gasteiger partial charge in [0.1, 0.15) is 0 Å². The second-order valence-corrected chi connectivity index (χ2v) is 6.47. The number of hydrogen-bond acceptors (Lipinski definition) is 3. The Balaban J connectivity index is 2.72. The second kappa shape index (κ2) is 8.63. The number of nitrogens with two attached hydrogens (primary N) is 1. The molecule has 0 unspecified atom stereocenters. The van der Waals surface area contributed by atoms with Crippen molar-refractivity contribution >= 4 is 11.6 Å². The van der Waals surface area contributed by atoms with Crippen LogP contribution in [0.1, 0.15) is 25.0 Å². The zero-order valence-corrected chi connectivity index (χ0v) is 14.0. The van der Waals surface area contributed by atoms with Crippen LogP contribution in [0.25, 0.3) is 0 Å². The summed E-state index contributed by atoms with van der Waals surface area (Å²) in [5, 5.41) is 0.826. The summed E-state index contributed by atoms with van der Waals surface area (Å²) >= 11 is 6.36. The van der Waals surface area contributed by atoms with Gasteiger partial charge >= 0.3 is 0 Å². The SMILES string of the molecule is CC(C)CN(CCN(C)C)Cc1ccc(CN)cc1Cl. The first kappa shape index (κ1) is 17.4. The molecule has 0 heterocycles. The Morgan fingerprint density at radius 1 is 1.20 bits per heavy atom. The highest BCUT2D eigenvalue weighted by molar-refractivity contribution is 6.31. The summed E-state index contributed by atoms with van der Waals surface area (Å²) in [6, 6.07) is 6.16. The first-order valence-electron chi connectivity index (χ1n) is 7.26. The number of halogens is 1. The van der Waals surface area contributed by atoms with E-state index in [-0.39, 0.29) is 0 Å². The Morgan fingerprint density at radius 3 is 2.40 bits per heavy atom. The van der Waals surface area contributed by atoms with Crippen LogP contribution in [0.2, 0.25) is 5.02 Å². The molecular formula is C16H28ClN3. The van der Waals surface area contributed by atoms with Gasteiger partial charge in [0, 0.05) is 37.7 Å². The maximum absolute atomic E-state index is 6.36. The molecule has 20 heavy (non-hydrogen) atoms. The van der Waals surface area contributed by atoms with E-state index in [2.05, 4.69) is 49.9 Å². The van der Waals surface area contributed by atoms with Crippen LogP contribution in [0.5, 0.6) is 0 Å². The highest BCUT2D eigenvalue weighted by atomic mass is 35.5. The zero-order chi connectivity index (χ0) is 15.1. The summed E-state index contributed by atoms with van der Waals surface area (Å²) in [6.45, 7) is 9.14. The van der Waals surface area contributed by atoms with Crippen LogP contribution in [0.15, 0.2) is 18.2 Å². The highest BCUT2D eigenvalue weighted by Gasteiger charge is 2.11. The lowest BCUT2D eigenvalue weighted by molar-refractivity contribution is 0.212. The van der Waals surface area contributed by atoms with E-state index < -0.39 is 0 Å². The summed E-state index contributed by atoms with van der Waals surface area (Å²) in [5.74, 6) is 0.652. The van der Waals surface area contributed by atoms with Crippen LogP contribution in [-0.4, -0.2) is 43.5 Å². The molecular weight excluding hydrogens is 270 g/mol. The Hall–Kier alpha value is -0.610. The molecule has 4 heteroatoms. The lowest BCUT2D eigenvalue weighted by Gasteiger charge is -2.26. The lowest BCUT2D eigenvalue weighted by Crippen LogP contribution is -2.34. The third-order valence-electron chi connectivity index (χ3n) is 3.23. The smallest absolute Gasteiger partial charge is 0.0454 e. The molecule has 0 aliphatic rings. The molecule has 0 saturated heterocycles. The van der Waals surface area contributed by atoms with E-state index in [0.29, 0.717) is 12.5 Å². The molecule has 2 N–H and O–H groups in total. The van der Waals surface area contributed by atoms with Gasteiger partial charge in [-0.3, -0.25) is 4.90 Å². The number of likely N-dealkylation sites (N-methyl/N-ethyl adjacent to an activating group) is 1. The van der Waals surface area contributed by atoms with E-state index in [1.54, 1.807) is 0 Å². The van der Waals surface area contributed by atoms with Crippen LogP contribution in [0, 0.1) is 5.92 Å². The van der Waals surface area contributed by atoms with E-state index in [0.717, 1.165) is 36.8 Å². The van der Waals surface area contributed by atoms with Gasteiger partial charge in [-0.25, -0.2) is 0 Å². The molecule has 0 spiro atoms. The molecule has 0 saturated carbocycles. The molecule has 0 amide bonds. The van der Waals surface area contributed by atoms with Gasteiger partial charge in [0.2, 0.25) is 0 Å². The fourth-order valence-corrected chi connectivity index (χ4v) is 2.44. The quantitative estimate of drug-likeness (QED) is 0.801. The van der Waals surface area contributed by atoms with Crippen molar-refractivity contribution in [1.29, 1.82) is 0 Å². The molecule has 0 aromatic heterocycles. The normalized spacial score (nSPS) is 11.8. The van der Waals surface area contributed by atoms with Gasteiger partial charge < -0.3 is 10.6 Å². The standard InChI is InChI=1S/C16H28ClN3/c1-13(2)11-20(8-7-19(3)4)12-15-6-5-14(10-18)9-16(15)17/h5-6,9,13H,7-8,10-12,18H2,1-4H3. The monoisotopic (exact) mass is 297 g/mol. The van der Waals surface area contributed by atoms with Crippen molar-refractivity contribution in [3.63, 3.8) is 0 Å². The molecule has 1 aromatic rings. The fourth-order valence-electron chi connectivity index (χ4n) is 2.18. The predicted molar refractivity (Wildman–Crippen MR) is 88.0 cm³/mol. The van der Waals surface area contributed by atoms with Gasteiger partial charge in [-0.05, 0) is 37.2 Å². The first-order valence-corrected chi connectivity index (χ1v) is 7.64. The highest BCUT2D eigenvalue weighted by Crippen LogP contribution is 2.20. The Labute approximate surface area is 128 Å². The van der Waals surface area contributed by atoms with Crippen LogP contribution >= 0.6 is 11.6 Å². The molecule has 0 bridgehead atoms. The molecule has 0 radical (unpaired) electrons. The maximum atomic E-state index is 6.36. The lowest BCUT2D eigenvalue weighted by atomic mass is 10.1. The van der Waals surface area contributed by atoms with Crippen molar-refractivity contribution in [3.05, 3.63) is 34.3 Å². The number of nitrogens with zero attached hydrogens (tertiary/aromatic N) is 2. The van der Waals surface area contributed by atoms with Gasteiger partial charge in [-0.15, -0.1) is 0 Å². The zero-order valence-electron chi connectivity index (χ0n) is 13.2. The van der Waals surface area contributed by atoms with Crippen molar-refractivity contribution in [1.82, 2.24) is 9.80 Å². The minimum absolute atomic E-state index is 0.538. The third-order valence-corrected chi connectivity index (χ3v) is 3.59. The number of rotatable bonds is 8. The van der Waals surface area contributed by atoms with Gasteiger partial charge in [0.15, 0.2) is 0 Å². The minimum atomic E-state index is 0.538. The molecule has 0 fully saturated rings. The largest absolute Gasteiger partial charge is 0.326 e. The van der Waals surface area contributed by atoms with Gasteiger partial charge in [0.05, 0.1) is 0 Å². The topological polar surface area (TPSA) is 32.5 Å². The minimum Gasteiger partial charge on any atom is -0.326 e. The predicted octanol–water partition coefficient (Wildman–Crippen LogP) is 2.82. The first-order chi connectivity index (χ1) is 9.42. The van der Waals surface area contributed by atoms with Gasteiger partial charge in [-0.2, -0.15) is 0 Å². The summed E-state index contributed by atoms with van der Waals surface area (Å²) in [6.07, 6.45) is 0.